The van der Waals surface area contributed by atoms with Crippen LogP contribution in [0.15, 0.2) is 30.3 Å². The van der Waals surface area contributed by atoms with E-state index in [2.05, 4.69) is 0 Å². The molecule has 2 rings (SSSR count). The van der Waals surface area contributed by atoms with E-state index in [1.807, 2.05) is 57.2 Å². The van der Waals surface area contributed by atoms with Crippen LogP contribution in [0.4, 0.5) is 0 Å². The van der Waals surface area contributed by atoms with Gasteiger partial charge in [-0.1, -0.05) is 36.4 Å². The van der Waals surface area contributed by atoms with Gasteiger partial charge in [0.2, 0.25) is 15.9 Å². The van der Waals surface area contributed by atoms with Gasteiger partial charge in [0.1, 0.15) is 0 Å². The lowest BCUT2D eigenvalue weighted by Crippen LogP contribution is -2.68. The first-order valence-electron chi connectivity index (χ1n) is 9.21. The van der Waals surface area contributed by atoms with Gasteiger partial charge < -0.3 is 10.0 Å². The number of rotatable bonds is 7. The molecule has 1 amide bonds. The fraction of sp³-hybridized carbons (Fsp3) is 0.550. The molecule has 0 spiro atoms. The predicted octanol–water partition coefficient (Wildman–Crippen LogP) is 2.06. The van der Waals surface area contributed by atoms with Crippen molar-refractivity contribution in [2.75, 3.05) is 19.4 Å². The van der Waals surface area contributed by atoms with Gasteiger partial charge in [0.25, 0.3) is 0 Å². The Morgan fingerprint density at radius 1 is 1.26 bits per heavy atom. The Morgan fingerprint density at radius 3 is 2.26 bits per heavy atom. The van der Waals surface area contributed by atoms with Crippen molar-refractivity contribution in [3.8, 4) is 0 Å². The first-order valence-corrected chi connectivity index (χ1v) is 11.1. The molecule has 1 N–H and O–H groups in total. The fourth-order valence-electron chi connectivity index (χ4n) is 3.97. The van der Waals surface area contributed by atoms with Crippen LogP contribution in [0.25, 0.3) is 6.08 Å². The number of carbonyl (C=O) groups is 1. The van der Waals surface area contributed by atoms with Gasteiger partial charge >= 0.3 is 0 Å². The zero-order chi connectivity index (χ0) is 20.4. The summed E-state index contributed by atoms with van der Waals surface area (Å²) < 4.78 is 26.0. The van der Waals surface area contributed by atoms with Gasteiger partial charge in [-0.25, -0.2) is 8.42 Å². The smallest absolute Gasteiger partial charge is 0.219 e. The Hall–Kier alpha value is -1.70. The highest BCUT2D eigenvalue weighted by molar-refractivity contribution is 7.88. The van der Waals surface area contributed by atoms with Crippen molar-refractivity contribution >= 4 is 22.0 Å². The summed E-state index contributed by atoms with van der Waals surface area (Å²) in [5.41, 5.74) is 2.03. The first kappa shape index (κ1) is 21.6. The topological polar surface area (TPSA) is 77.9 Å². The van der Waals surface area contributed by atoms with Crippen LogP contribution < -0.4 is 0 Å². The quantitative estimate of drug-likeness (QED) is 0.768. The van der Waals surface area contributed by atoms with Crippen LogP contribution in [0.5, 0.6) is 0 Å². The van der Waals surface area contributed by atoms with Crippen LogP contribution >= 0.6 is 0 Å². The Balaban J connectivity index is 2.40. The van der Waals surface area contributed by atoms with Crippen molar-refractivity contribution in [2.24, 2.45) is 0 Å². The standard InChI is InChI=1S/C20H30N2O4S/c1-6-7-16-8-10-17(11-9-16)20-18(12-21(14(2)3)15(4)24)22(19(20)13-23)27(5,25)26/h6-11,14,18-20,23H,12-13H2,1-5H3/b7-6+/t18-,19-,20-/m1/s1. The zero-order valence-corrected chi connectivity index (χ0v) is 17.5. The van der Waals surface area contributed by atoms with Crippen molar-refractivity contribution < 1.29 is 18.3 Å². The lowest BCUT2D eigenvalue weighted by Gasteiger charge is -2.54. The van der Waals surface area contributed by atoms with Crippen LogP contribution in [-0.2, 0) is 14.8 Å². The number of benzene rings is 1. The van der Waals surface area contributed by atoms with E-state index >= 15 is 0 Å². The molecule has 0 unspecified atom stereocenters. The van der Waals surface area contributed by atoms with E-state index in [4.69, 9.17) is 0 Å². The van der Waals surface area contributed by atoms with Gasteiger partial charge in [-0.3, -0.25) is 4.79 Å². The van der Waals surface area contributed by atoms with Crippen LogP contribution in [0.2, 0.25) is 0 Å². The second-order valence-corrected chi connectivity index (χ2v) is 9.26. The summed E-state index contributed by atoms with van der Waals surface area (Å²) in [7, 11) is -3.51. The molecule has 27 heavy (non-hydrogen) atoms. The summed E-state index contributed by atoms with van der Waals surface area (Å²) in [6.45, 7) is 7.31. The number of nitrogens with zero attached hydrogens (tertiary/aromatic N) is 2. The van der Waals surface area contributed by atoms with E-state index in [1.54, 1.807) is 4.90 Å². The lowest BCUT2D eigenvalue weighted by atomic mass is 9.77. The normalized spacial score (nSPS) is 23.6. The third-order valence-electron chi connectivity index (χ3n) is 5.14. The molecule has 1 aliphatic heterocycles. The second kappa shape index (κ2) is 8.54. The fourth-order valence-corrected chi connectivity index (χ4v) is 5.35. The van der Waals surface area contributed by atoms with Crippen LogP contribution in [0.3, 0.4) is 0 Å². The molecule has 1 aliphatic rings. The van der Waals surface area contributed by atoms with Crippen molar-refractivity contribution in [2.45, 2.75) is 51.7 Å². The molecule has 3 atom stereocenters. The Labute approximate surface area is 162 Å². The summed E-state index contributed by atoms with van der Waals surface area (Å²) in [5, 5.41) is 9.86. The molecule has 1 fully saturated rings. The molecular formula is C20H30N2O4S. The highest BCUT2D eigenvalue weighted by atomic mass is 32.2. The van der Waals surface area contributed by atoms with Crippen LogP contribution in [-0.4, -0.2) is 66.2 Å². The predicted molar refractivity (Wildman–Crippen MR) is 108 cm³/mol. The van der Waals surface area contributed by atoms with Crippen LogP contribution in [0, 0.1) is 0 Å². The average Bonchev–Trinajstić information content (AvgIpc) is 2.54. The van der Waals surface area contributed by atoms with Gasteiger partial charge in [0.05, 0.1) is 24.9 Å². The molecule has 0 bridgehead atoms. The third-order valence-corrected chi connectivity index (χ3v) is 6.45. The molecule has 0 aliphatic carbocycles. The maximum Gasteiger partial charge on any atom is 0.219 e. The van der Waals surface area contributed by atoms with Gasteiger partial charge in [0.15, 0.2) is 0 Å². The lowest BCUT2D eigenvalue weighted by molar-refractivity contribution is -0.132. The van der Waals surface area contributed by atoms with E-state index < -0.39 is 22.1 Å². The molecule has 7 heteroatoms. The number of carbonyl (C=O) groups excluding carboxylic acids is 1. The number of amides is 1. The maximum absolute atomic E-state index is 12.3. The number of hydrogen-bond donors (Lipinski definition) is 1. The third kappa shape index (κ3) is 4.59. The molecule has 150 valence electrons. The molecule has 1 heterocycles. The van der Waals surface area contributed by atoms with E-state index in [0.29, 0.717) is 6.54 Å². The SMILES string of the molecule is C/C=C/c1ccc([C@H]2[C@@H](CO)N(S(C)(=O)=O)[C@@H]2CN(C(C)=O)C(C)C)cc1. The number of hydrogen-bond acceptors (Lipinski definition) is 4. The molecule has 0 aromatic heterocycles. The van der Waals surface area contributed by atoms with Gasteiger partial charge in [-0.2, -0.15) is 4.31 Å². The number of sulfonamides is 1. The minimum absolute atomic E-state index is 0.0326. The second-order valence-electron chi connectivity index (χ2n) is 7.37. The number of aliphatic hydroxyl groups excluding tert-OH is 1. The average molecular weight is 395 g/mol. The molecule has 1 aromatic rings. The van der Waals surface area contributed by atoms with Crippen molar-refractivity contribution in [3.63, 3.8) is 0 Å². The van der Waals surface area contributed by atoms with E-state index in [1.165, 1.54) is 11.2 Å². The van der Waals surface area contributed by atoms with E-state index in [0.717, 1.165) is 17.4 Å². The molecule has 0 saturated carbocycles. The summed E-state index contributed by atoms with van der Waals surface area (Å²) in [5.74, 6) is -0.252. The minimum atomic E-state index is -3.51. The first-order chi connectivity index (χ1) is 12.6. The minimum Gasteiger partial charge on any atom is -0.395 e. The number of aliphatic hydroxyl groups is 1. The Bertz CT molecular complexity index is 787. The summed E-state index contributed by atoms with van der Waals surface area (Å²) in [6, 6.07) is 6.97. The highest BCUT2D eigenvalue weighted by Gasteiger charge is 2.53. The zero-order valence-electron chi connectivity index (χ0n) is 16.7. The highest BCUT2D eigenvalue weighted by Crippen LogP contribution is 2.43. The summed E-state index contributed by atoms with van der Waals surface area (Å²) >= 11 is 0. The van der Waals surface area contributed by atoms with E-state index in [-0.39, 0.29) is 24.5 Å². The van der Waals surface area contributed by atoms with Gasteiger partial charge in [0, 0.05) is 25.4 Å². The summed E-state index contributed by atoms with van der Waals surface area (Å²) in [6.07, 6.45) is 5.10. The van der Waals surface area contributed by atoms with Gasteiger partial charge in [-0.15, -0.1) is 0 Å². The molecule has 1 saturated heterocycles. The van der Waals surface area contributed by atoms with Crippen molar-refractivity contribution in [1.82, 2.24) is 9.21 Å². The summed E-state index contributed by atoms with van der Waals surface area (Å²) in [4.78, 5) is 13.7. The van der Waals surface area contributed by atoms with Crippen molar-refractivity contribution in [1.29, 1.82) is 0 Å². The monoisotopic (exact) mass is 394 g/mol. The molecule has 6 nitrogen and oxygen atoms in total. The molecule has 0 radical (unpaired) electrons. The largest absolute Gasteiger partial charge is 0.395 e. The molecule has 1 aromatic carbocycles. The van der Waals surface area contributed by atoms with Gasteiger partial charge in [-0.05, 0) is 31.9 Å². The van der Waals surface area contributed by atoms with Crippen molar-refractivity contribution in [3.05, 3.63) is 41.5 Å². The Morgan fingerprint density at radius 2 is 1.85 bits per heavy atom. The molecular weight excluding hydrogens is 364 g/mol. The maximum atomic E-state index is 12.3. The van der Waals surface area contributed by atoms with E-state index in [9.17, 15) is 18.3 Å². The Kier molecular flexibility index (Phi) is 6.83. The van der Waals surface area contributed by atoms with Crippen LogP contribution in [0.1, 0.15) is 44.7 Å². The number of allylic oxidation sites excluding steroid dienone is 1.